The van der Waals surface area contributed by atoms with E-state index >= 15 is 0 Å². The van der Waals surface area contributed by atoms with Gasteiger partial charge in [0, 0.05) is 35.3 Å². The second-order valence-corrected chi connectivity index (χ2v) is 6.86. The molecule has 6 nitrogen and oxygen atoms in total. The Kier molecular flexibility index (Phi) is 6.83. The Morgan fingerprint density at radius 3 is 2.30 bits per heavy atom. The molecule has 0 saturated carbocycles. The summed E-state index contributed by atoms with van der Waals surface area (Å²) in [5.41, 5.74) is 2.09. The van der Waals surface area contributed by atoms with Crippen LogP contribution >= 0.6 is 11.6 Å². The highest BCUT2D eigenvalue weighted by molar-refractivity contribution is 6.30. The molecule has 0 atom stereocenters. The zero-order chi connectivity index (χ0) is 21.5. The van der Waals surface area contributed by atoms with Crippen molar-refractivity contribution in [1.29, 1.82) is 0 Å². The number of hydrogen-bond donors (Lipinski definition) is 2. The van der Waals surface area contributed by atoms with Gasteiger partial charge in [0.25, 0.3) is 11.8 Å². The molecule has 0 aromatic heterocycles. The lowest BCUT2D eigenvalue weighted by Gasteiger charge is -2.12. The van der Waals surface area contributed by atoms with Crippen molar-refractivity contribution < 1.29 is 19.1 Å². The number of esters is 1. The largest absolute Gasteiger partial charge is 0.427 e. The average Bonchev–Trinajstić information content (AvgIpc) is 2.72. The first kappa shape index (κ1) is 21.1. The van der Waals surface area contributed by atoms with E-state index in [2.05, 4.69) is 10.6 Å². The molecule has 0 aliphatic rings. The van der Waals surface area contributed by atoms with Gasteiger partial charge in [-0.2, -0.15) is 0 Å². The van der Waals surface area contributed by atoms with Gasteiger partial charge in [-0.3, -0.25) is 14.4 Å². The van der Waals surface area contributed by atoms with Crippen LogP contribution in [0.3, 0.4) is 0 Å². The van der Waals surface area contributed by atoms with Crippen LogP contribution in [-0.2, 0) is 11.3 Å². The molecule has 152 valence electrons. The zero-order valence-electron chi connectivity index (χ0n) is 16.1. The quantitative estimate of drug-likeness (QED) is 0.454. The van der Waals surface area contributed by atoms with Gasteiger partial charge < -0.3 is 15.4 Å². The van der Waals surface area contributed by atoms with Crippen LogP contribution in [0.15, 0.2) is 72.8 Å². The van der Waals surface area contributed by atoms with Crippen LogP contribution in [0.4, 0.5) is 5.69 Å². The van der Waals surface area contributed by atoms with Crippen molar-refractivity contribution in [2.75, 3.05) is 5.32 Å². The number of nitrogens with one attached hydrogen (secondary N) is 2. The molecular formula is C23H19ClN2O4. The fourth-order valence-electron chi connectivity index (χ4n) is 2.76. The molecule has 0 radical (unpaired) electrons. The van der Waals surface area contributed by atoms with Gasteiger partial charge in [-0.1, -0.05) is 41.9 Å². The van der Waals surface area contributed by atoms with E-state index in [1.807, 2.05) is 12.1 Å². The first-order chi connectivity index (χ1) is 14.4. The maximum atomic E-state index is 12.6. The molecule has 3 rings (SSSR count). The smallest absolute Gasteiger partial charge is 0.308 e. The maximum Gasteiger partial charge on any atom is 0.308 e. The Labute approximate surface area is 178 Å². The molecule has 0 aliphatic carbocycles. The van der Waals surface area contributed by atoms with Gasteiger partial charge in [0.1, 0.15) is 5.75 Å². The van der Waals surface area contributed by atoms with Gasteiger partial charge >= 0.3 is 5.97 Å². The Hall–Kier alpha value is -3.64. The molecule has 7 heteroatoms. The first-order valence-electron chi connectivity index (χ1n) is 9.14. The minimum atomic E-state index is -0.464. The van der Waals surface area contributed by atoms with Gasteiger partial charge in [-0.15, -0.1) is 0 Å². The topological polar surface area (TPSA) is 84.5 Å². The molecule has 30 heavy (non-hydrogen) atoms. The lowest BCUT2D eigenvalue weighted by molar-refractivity contribution is -0.131. The molecule has 3 aromatic carbocycles. The number of anilines is 1. The van der Waals surface area contributed by atoms with Crippen LogP contribution in [0.5, 0.6) is 5.75 Å². The number of ether oxygens (including phenoxy) is 1. The monoisotopic (exact) mass is 422 g/mol. The lowest BCUT2D eigenvalue weighted by Crippen LogP contribution is -2.24. The highest BCUT2D eigenvalue weighted by atomic mass is 35.5. The third-order valence-corrected chi connectivity index (χ3v) is 4.38. The average molecular weight is 423 g/mol. The van der Waals surface area contributed by atoms with Crippen molar-refractivity contribution in [2.45, 2.75) is 13.5 Å². The Bertz CT molecular complexity index is 1100. The van der Waals surface area contributed by atoms with Crippen LogP contribution in [0.1, 0.15) is 33.2 Å². The summed E-state index contributed by atoms with van der Waals surface area (Å²) < 4.78 is 5.02. The molecule has 0 aliphatic heterocycles. The SMILES string of the molecule is CC(=O)Oc1cccc(C(=O)Nc2ccccc2CNC(=O)c2cccc(Cl)c2)c1. The van der Waals surface area contributed by atoms with Crippen LogP contribution in [0.25, 0.3) is 0 Å². The van der Waals surface area contributed by atoms with E-state index in [-0.39, 0.29) is 24.1 Å². The summed E-state index contributed by atoms with van der Waals surface area (Å²) in [7, 11) is 0. The van der Waals surface area contributed by atoms with Crippen LogP contribution in [0.2, 0.25) is 5.02 Å². The minimum absolute atomic E-state index is 0.218. The lowest BCUT2D eigenvalue weighted by atomic mass is 10.1. The predicted octanol–water partition coefficient (Wildman–Crippen LogP) is 4.45. The number of carbonyl (C=O) groups is 3. The van der Waals surface area contributed by atoms with E-state index in [1.165, 1.54) is 13.0 Å². The summed E-state index contributed by atoms with van der Waals surface area (Å²) >= 11 is 5.93. The number of hydrogen-bond acceptors (Lipinski definition) is 4. The zero-order valence-corrected chi connectivity index (χ0v) is 16.9. The van der Waals surface area contributed by atoms with Crippen LogP contribution in [0, 0.1) is 0 Å². The summed E-state index contributed by atoms with van der Waals surface area (Å²) in [6, 6.07) is 20.1. The number of rotatable bonds is 6. The van der Waals surface area contributed by atoms with E-state index in [0.717, 1.165) is 5.56 Å². The molecule has 0 saturated heterocycles. The molecule has 3 aromatic rings. The Morgan fingerprint density at radius 2 is 1.57 bits per heavy atom. The molecule has 2 N–H and O–H groups in total. The van der Waals surface area contributed by atoms with E-state index < -0.39 is 5.97 Å². The molecule has 2 amide bonds. The third-order valence-electron chi connectivity index (χ3n) is 4.15. The maximum absolute atomic E-state index is 12.6. The Balaban J connectivity index is 1.70. The highest BCUT2D eigenvalue weighted by Gasteiger charge is 2.12. The van der Waals surface area contributed by atoms with E-state index in [4.69, 9.17) is 16.3 Å². The molecule has 0 spiro atoms. The molecular weight excluding hydrogens is 404 g/mol. The summed E-state index contributed by atoms with van der Waals surface area (Å²) in [5, 5.41) is 6.13. The van der Waals surface area contributed by atoms with Crippen molar-refractivity contribution >= 4 is 35.1 Å². The van der Waals surface area contributed by atoms with Gasteiger partial charge in [0.15, 0.2) is 0 Å². The van der Waals surface area contributed by atoms with Crippen molar-refractivity contribution in [3.8, 4) is 5.75 Å². The summed E-state index contributed by atoms with van der Waals surface area (Å²) in [5.74, 6) is -0.809. The summed E-state index contributed by atoms with van der Waals surface area (Å²) in [6.07, 6.45) is 0. The van der Waals surface area contributed by atoms with E-state index in [0.29, 0.717) is 21.8 Å². The Morgan fingerprint density at radius 1 is 0.867 bits per heavy atom. The van der Waals surface area contributed by atoms with Gasteiger partial charge in [-0.05, 0) is 48.0 Å². The van der Waals surface area contributed by atoms with Crippen molar-refractivity contribution in [1.82, 2.24) is 5.32 Å². The summed E-state index contributed by atoms with van der Waals surface area (Å²) in [4.78, 5) is 36.1. The van der Waals surface area contributed by atoms with Gasteiger partial charge in [-0.25, -0.2) is 0 Å². The number of halogens is 1. The summed E-state index contributed by atoms with van der Waals surface area (Å²) in [6.45, 7) is 1.51. The first-order valence-corrected chi connectivity index (χ1v) is 9.51. The predicted molar refractivity (Wildman–Crippen MR) is 115 cm³/mol. The second-order valence-electron chi connectivity index (χ2n) is 6.43. The fraction of sp³-hybridized carbons (Fsp3) is 0.0870. The third kappa shape index (κ3) is 5.68. The number of para-hydroxylation sites is 1. The van der Waals surface area contributed by atoms with Gasteiger partial charge in [0.05, 0.1) is 0 Å². The van der Waals surface area contributed by atoms with Gasteiger partial charge in [0.2, 0.25) is 0 Å². The fourth-order valence-corrected chi connectivity index (χ4v) is 2.96. The molecule has 0 unspecified atom stereocenters. The number of benzene rings is 3. The number of amides is 2. The van der Waals surface area contributed by atoms with Crippen LogP contribution < -0.4 is 15.4 Å². The highest BCUT2D eigenvalue weighted by Crippen LogP contribution is 2.19. The normalized spacial score (nSPS) is 10.2. The second kappa shape index (κ2) is 9.71. The van der Waals surface area contributed by atoms with Crippen molar-refractivity contribution in [2.24, 2.45) is 0 Å². The minimum Gasteiger partial charge on any atom is -0.427 e. The van der Waals surface area contributed by atoms with E-state index in [1.54, 1.807) is 54.6 Å². The van der Waals surface area contributed by atoms with Crippen molar-refractivity contribution in [3.63, 3.8) is 0 Å². The molecule has 0 fully saturated rings. The molecule has 0 heterocycles. The van der Waals surface area contributed by atoms with Crippen LogP contribution in [-0.4, -0.2) is 17.8 Å². The van der Waals surface area contributed by atoms with Crippen molar-refractivity contribution in [3.05, 3.63) is 94.5 Å². The van der Waals surface area contributed by atoms with E-state index in [9.17, 15) is 14.4 Å². The number of carbonyl (C=O) groups excluding carboxylic acids is 3. The standard InChI is InChI=1S/C23H19ClN2O4/c1-15(27)30-20-10-5-8-17(13-20)23(29)26-21-11-3-2-6-18(21)14-25-22(28)16-7-4-9-19(24)12-16/h2-13H,14H2,1H3,(H,25,28)(H,26,29). The molecule has 0 bridgehead atoms.